The second-order valence-electron chi connectivity index (χ2n) is 4.09. The molecule has 0 aromatic rings. The van der Waals surface area contributed by atoms with Crippen molar-refractivity contribution < 1.29 is 0 Å². The molecule has 0 amide bonds. The van der Waals surface area contributed by atoms with E-state index in [9.17, 15) is 0 Å². The Hall–Kier alpha value is 0.310. The molecule has 1 aliphatic carbocycles. The van der Waals surface area contributed by atoms with E-state index in [2.05, 4.69) is 38.0 Å². The summed E-state index contributed by atoms with van der Waals surface area (Å²) < 4.78 is 0. The number of unbranched alkanes of at least 4 members (excludes halogenated alkanes) is 1. The van der Waals surface area contributed by atoms with Crippen LogP contribution in [0.5, 0.6) is 0 Å². The van der Waals surface area contributed by atoms with Crippen LogP contribution in [0, 0.1) is 5.92 Å². The summed E-state index contributed by atoms with van der Waals surface area (Å²) in [5.74, 6) is 2.23. The van der Waals surface area contributed by atoms with Gasteiger partial charge in [-0.1, -0.05) is 20.3 Å². The van der Waals surface area contributed by atoms with E-state index in [1.54, 1.807) is 0 Å². The Labute approximate surface area is 87.1 Å². The molecule has 1 rings (SSSR count). The fourth-order valence-electron chi connectivity index (χ4n) is 2.15. The highest BCUT2D eigenvalue weighted by Gasteiger charge is 2.31. The van der Waals surface area contributed by atoms with Gasteiger partial charge in [-0.15, -0.1) is 0 Å². The standard InChI is InChI=1S/C11H23NS/c1-4-5-8-13-11-7-6-10(12-3)9(11)2/h9-12H,4-8H2,1-3H3. The van der Waals surface area contributed by atoms with Gasteiger partial charge in [0, 0.05) is 11.3 Å². The normalized spacial score (nSPS) is 33.9. The van der Waals surface area contributed by atoms with Crippen LogP contribution in [0.4, 0.5) is 0 Å². The van der Waals surface area contributed by atoms with Crippen molar-refractivity contribution >= 4 is 11.8 Å². The number of rotatable bonds is 5. The second kappa shape index (κ2) is 5.92. The van der Waals surface area contributed by atoms with E-state index in [0.717, 1.165) is 17.2 Å². The minimum absolute atomic E-state index is 0.777. The molecule has 78 valence electrons. The molecular weight excluding hydrogens is 178 g/mol. The molecule has 1 N–H and O–H groups in total. The number of hydrogen-bond acceptors (Lipinski definition) is 2. The maximum absolute atomic E-state index is 3.42. The maximum atomic E-state index is 3.42. The average molecular weight is 201 g/mol. The Morgan fingerprint density at radius 2 is 2.15 bits per heavy atom. The molecule has 0 spiro atoms. The van der Waals surface area contributed by atoms with E-state index in [1.165, 1.54) is 31.4 Å². The molecule has 0 aliphatic heterocycles. The van der Waals surface area contributed by atoms with Gasteiger partial charge in [0.05, 0.1) is 0 Å². The molecule has 3 atom stereocenters. The van der Waals surface area contributed by atoms with Gasteiger partial charge in [0.15, 0.2) is 0 Å². The third-order valence-corrected chi connectivity index (χ3v) is 4.80. The van der Waals surface area contributed by atoms with Gasteiger partial charge in [-0.05, 0) is 38.0 Å². The molecule has 0 radical (unpaired) electrons. The predicted octanol–water partition coefficient (Wildman–Crippen LogP) is 2.91. The van der Waals surface area contributed by atoms with Crippen LogP contribution in [0.3, 0.4) is 0 Å². The topological polar surface area (TPSA) is 12.0 Å². The van der Waals surface area contributed by atoms with Gasteiger partial charge in [-0.3, -0.25) is 0 Å². The van der Waals surface area contributed by atoms with Gasteiger partial charge in [-0.2, -0.15) is 11.8 Å². The lowest BCUT2D eigenvalue weighted by atomic mass is 10.1. The highest BCUT2D eigenvalue weighted by Crippen LogP contribution is 2.35. The molecule has 0 bridgehead atoms. The first kappa shape index (κ1) is 11.4. The molecule has 1 saturated carbocycles. The van der Waals surface area contributed by atoms with E-state index < -0.39 is 0 Å². The average Bonchev–Trinajstić information content (AvgIpc) is 2.48. The lowest BCUT2D eigenvalue weighted by molar-refractivity contribution is 0.464. The smallest absolute Gasteiger partial charge is 0.0101 e. The van der Waals surface area contributed by atoms with Crippen LogP contribution in [0.2, 0.25) is 0 Å². The van der Waals surface area contributed by atoms with E-state index in [4.69, 9.17) is 0 Å². The molecule has 0 aromatic heterocycles. The maximum Gasteiger partial charge on any atom is 0.0101 e. The fourth-order valence-corrected chi connectivity index (χ4v) is 3.70. The highest BCUT2D eigenvalue weighted by molar-refractivity contribution is 7.99. The summed E-state index contributed by atoms with van der Waals surface area (Å²) in [6, 6.07) is 0.777. The van der Waals surface area contributed by atoms with E-state index >= 15 is 0 Å². The van der Waals surface area contributed by atoms with E-state index in [0.29, 0.717) is 0 Å². The van der Waals surface area contributed by atoms with Crippen molar-refractivity contribution in [3.63, 3.8) is 0 Å². The van der Waals surface area contributed by atoms with Crippen molar-refractivity contribution in [1.29, 1.82) is 0 Å². The Bertz CT molecular complexity index is 138. The monoisotopic (exact) mass is 201 g/mol. The zero-order chi connectivity index (χ0) is 9.68. The molecule has 0 heterocycles. The number of hydrogen-bond donors (Lipinski definition) is 1. The summed E-state index contributed by atoms with van der Waals surface area (Å²) in [6.45, 7) is 4.67. The molecule has 2 heteroatoms. The Morgan fingerprint density at radius 1 is 1.38 bits per heavy atom. The van der Waals surface area contributed by atoms with Gasteiger partial charge in [0.2, 0.25) is 0 Å². The van der Waals surface area contributed by atoms with Crippen LogP contribution in [0.25, 0.3) is 0 Å². The number of nitrogens with one attached hydrogen (secondary N) is 1. The van der Waals surface area contributed by atoms with Crippen LogP contribution in [-0.4, -0.2) is 24.1 Å². The van der Waals surface area contributed by atoms with E-state index in [-0.39, 0.29) is 0 Å². The zero-order valence-electron chi connectivity index (χ0n) is 9.18. The van der Waals surface area contributed by atoms with Gasteiger partial charge < -0.3 is 5.32 Å². The zero-order valence-corrected chi connectivity index (χ0v) is 9.99. The van der Waals surface area contributed by atoms with Gasteiger partial charge >= 0.3 is 0 Å². The largest absolute Gasteiger partial charge is 0.317 e. The van der Waals surface area contributed by atoms with Crippen molar-refractivity contribution in [2.45, 2.75) is 50.8 Å². The Kier molecular flexibility index (Phi) is 5.18. The Balaban J connectivity index is 2.20. The van der Waals surface area contributed by atoms with Crippen LogP contribution in [-0.2, 0) is 0 Å². The molecule has 13 heavy (non-hydrogen) atoms. The van der Waals surface area contributed by atoms with Crippen molar-refractivity contribution in [3.05, 3.63) is 0 Å². The quantitative estimate of drug-likeness (QED) is 0.686. The minimum Gasteiger partial charge on any atom is -0.317 e. The third-order valence-electron chi connectivity index (χ3n) is 3.18. The SMILES string of the molecule is CCCCSC1CCC(NC)C1C. The molecule has 1 fully saturated rings. The highest BCUT2D eigenvalue weighted by atomic mass is 32.2. The van der Waals surface area contributed by atoms with Crippen LogP contribution in [0.15, 0.2) is 0 Å². The molecule has 1 aliphatic rings. The number of thioether (sulfide) groups is 1. The van der Waals surface area contributed by atoms with Crippen LogP contribution < -0.4 is 5.32 Å². The minimum atomic E-state index is 0.777. The van der Waals surface area contributed by atoms with Gasteiger partial charge in [0.1, 0.15) is 0 Å². The van der Waals surface area contributed by atoms with Crippen molar-refractivity contribution in [3.8, 4) is 0 Å². The second-order valence-corrected chi connectivity index (χ2v) is 5.44. The fraction of sp³-hybridized carbons (Fsp3) is 1.00. The molecule has 0 saturated heterocycles. The van der Waals surface area contributed by atoms with Gasteiger partial charge in [-0.25, -0.2) is 0 Å². The summed E-state index contributed by atoms with van der Waals surface area (Å²) >= 11 is 2.20. The molecular formula is C11H23NS. The van der Waals surface area contributed by atoms with Crippen molar-refractivity contribution in [2.24, 2.45) is 5.92 Å². The summed E-state index contributed by atoms with van der Waals surface area (Å²) in [5, 5.41) is 4.34. The first-order chi connectivity index (χ1) is 6.29. The van der Waals surface area contributed by atoms with Crippen LogP contribution >= 0.6 is 11.8 Å². The van der Waals surface area contributed by atoms with Gasteiger partial charge in [0.25, 0.3) is 0 Å². The molecule has 1 nitrogen and oxygen atoms in total. The Morgan fingerprint density at radius 3 is 2.69 bits per heavy atom. The van der Waals surface area contributed by atoms with Crippen molar-refractivity contribution in [1.82, 2.24) is 5.32 Å². The summed E-state index contributed by atoms with van der Waals surface area (Å²) in [4.78, 5) is 0. The van der Waals surface area contributed by atoms with E-state index in [1.807, 2.05) is 0 Å². The molecule has 3 unspecified atom stereocenters. The summed E-state index contributed by atoms with van der Waals surface area (Å²) in [6.07, 6.45) is 5.52. The third kappa shape index (κ3) is 3.17. The lowest BCUT2D eigenvalue weighted by Gasteiger charge is -2.19. The predicted molar refractivity (Wildman–Crippen MR) is 62.4 cm³/mol. The first-order valence-electron chi connectivity index (χ1n) is 5.58. The first-order valence-corrected chi connectivity index (χ1v) is 6.63. The van der Waals surface area contributed by atoms with Crippen molar-refractivity contribution in [2.75, 3.05) is 12.8 Å². The van der Waals surface area contributed by atoms with Crippen LogP contribution in [0.1, 0.15) is 39.5 Å². The molecule has 0 aromatic carbocycles. The summed E-state index contributed by atoms with van der Waals surface area (Å²) in [5.41, 5.74) is 0. The summed E-state index contributed by atoms with van der Waals surface area (Å²) in [7, 11) is 2.10. The lowest BCUT2D eigenvalue weighted by Crippen LogP contribution is -2.30.